The summed E-state index contributed by atoms with van der Waals surface area (Å²) in [6.07, 6.45) is 5.92. The van der Waals surface area contributed by atoms with Gasteiger partial charge in [0.15, 0.2) is 5.13 Å². The van der Waals surface area contributed by atoms with Gasteiger partial charge in [0.25, 0.3) is 0 Å². The average molecular weight is 263 g/mol. The molecule has 96 valence electrons. The Morgan fingerprint density at radius 2 is 2.11 bits per heavy atom. The Hall–Kier alpha value is -1.40. The van der Waals surface area contributed by atoms with Crippen LogP contribution in [-0.4, -0.2) is 45.8 Å². The summed E-state index contributed by atoms with van der Waals surface area (Å²) in [5.41, 5.74) is 1.29. The summed E-state index contributed by atoms with van der Waals surface area (Å²) < 4.78 is 1.86. The Labute approximate surface area is 111 Å². The molecule has 0 unspecified atom stereocenters. The van der Waals surface area contributed by atoms with Crippen LogP contribution >= 0.6 is 11.3 Å². The van der Waals surface area contributed by atoms with Crippen LogP contribution in [0.5, 0.6) is 0 Å². The third kappa shape index (κ3) is 2.54. The molecule has 0 aliphatic carbocycles. The van der Waals surface area contributed by atoms with Gasteiger partial charge in [-0.25, -0.2) is 4.98 Å². The molecule has 5 nitrogen and oxygen atoms in total. The Balaban J connectivity index is 1.54. The van der Waals surface area contributed by atoms with Gasteiger partial charge in [-0.15, -0.1) is 11.3 Å². The van der Waals surface area contributed by atoms with Gasteiger partial charge in [-0.1, -0.05) is 0 Å². The highest BCUT2D eigenvalue weighted by Crippen LogP contribution is 2.19. The summed E-state index contributed by atoms with van der Waals surface area (Å²) in [5, 5.41) is 7.40. The van der Waals surface area contributed by atoms with Crippen molar-refractivity contribution in [1.29, 1.82) is 0 Å². The van der Waals surface area contributed by atoms with Crippen LogP contribution < -0.4 is 4.90 Å². The van der Waals surface area contributed by atoms with E-state index in [-0.39, 0.29) is 0 Å². The van der Waals surface area contributed by atoms with Crippen molar-refractivity contribution in [3.8, 4) is 0 Å². The fourth-order valence-corrected chi connectivity index (χ4v) is 2.98. The maximum Gasteiger partial charge on any atom is 0.185 e. The monoisotopic (exact) mass is 263 g/mol. The van der Waals surface area contributed by atoms with Crippen LogP contribution in [0.1, 0.15) is 5.56 Å². The molecule has 0 aromatic carbocycles. The lowest BCUT2D eigenvalue weighted by molar-refractivity contribution is 0.250. The summed E-state index contributed by atoms with van der Waals surface area (Å²) in [6, 6.07) is 0. The Morgan fingerprint density at radius 1 is 1.28 bits per heavy atom. The Bertz CT molecular complexity index is 484. The Kier molecular flexibility index (Phi) is 3.29. The number of hydrogen-bond donors (Lipinski definition) is 0. The zero-order valence-electron chi connectivity index (χ0n) is 10.5. The molecule has 6 heteroatoms. The number of hydrogen-bond acceptors (Lipinski definition) is 5. The first-order valence-electron chi connectivity index (χ1n) is 6.15. The zero-order chi connectivity index (χ0) is 12.4. The summed E-state index contributed by atoms with van der Waals surface area (Å²) in [7, 11) is 1.96. The summed E-state index contributed by atoms with van der Waals surface area (Å²) in [5.74, 6) is 0. The third-order valence-electron chi connectivity index (χ3n) is 3.23. The van der Waals surface area contributed by atoms with Gasteiger partial charge in [-0.3, -0.25) is 9.58 Å². The predicted octanol–water partition coefficient (Wildman–Crippen LogP) is 1.20. The molecule has 0 spiro atoms. The van der Waals surface area contributed by atoms with Crippen molar-refractivity contribution in [2.24, 2.45) is 7.05 Å². The second-order valence-electron chi connectivity index (χ2n) is 4.60. The lowest BCUT2D eigenvalue weighted by Gasteiger charge is -2.34. The fraction of sp³-hybridized carbons (Fsp3) is 0.500. The fourth-order valence-electron chi connectivity index (χ4n) is 2.28. The second-order valence-corrected chi connectivity index (χ2v) is 5.47. The SMILES string of the molecule is Cn1cc(CN2CCN(c3nccs3)CC2)cn1. The van der Waals surface area contributed by atoms with E-state index >= 15 is 0 Å². The van der Waals surface area contributed by atoms with Crippen molar-refractivity contribution in [3.05, 3.63) is 29.5 Å². The molecular weight excluding hydrogens is 246 g/mol. The van der Waals surface area contributed by atoms with E-state index < -0.39 is 0 Å². The van der Waals surface area contributed by atoms with E-state index in [0.29, 0.717) is 0 Å². The third-order valence-corrected chi connectivity index (χ3v) is 4.06. The summed E-state index contributed by atoms with van der Waals surface area (Å²) in [4.78, 5) is 9.20. The highest BCUT2D eigenvalue weighted by Gasteiger charge is 2.18. The van der Waals surface area contributed by atoms with E-state index in [2.05, 4.69) is 26.1 Å². The van der Waals surface area contributed by atoms with E-state index in [1.165, 1.54) is 5.56 Å². The van der Waals surface area contributed by atoms with Gasteiger partial charge in [-0.05, 0) is 0 Å². The van der Waals surface area contributed by atoms with Crippen LogP contribution in [0.4, 0.5) is 5.13 Å². The lowest BCUT2D eigenvalue weighted by Crippen LogP contribution is -2.45. The maximum atomic E-state index is 4.36. The summed E-state index contributed by atoms with van der Waals surface area (Å²) in [6.45, 7) is 5.31. The van der Waals surface area contributed by atoms with Crippen LogP contribution in [0.2, 0.25) is 0 Å². The van der Waals surface area contributed by atoms with Crippen molar-refractivity contribution in [1.82, 2.24) is 19.7 Å². The van der Waals surface area contributed by atoms with Crippen molar-refractivity contribution >= 4 is 16.5 Å². The molecule has 1 saturated heterocycles. The van der Waals surface area contributed by atoms with E-state index in [1.807, 2.05) is 29.5 Å². The molecule has 1 aliphatic rings. The largest absolute Gasteiger partial charge is 0.346 e. The van der Waals surface area contributed by atoms with Crippen molar-refractivity contribution in [2.45, 2.75) is 6.54 Å². The molecule has 0 amide bonds. The minimum absolute atomic E-state index is 1.000. The molecule has 3 heterocycles. The van der Waals surface area contributed by atoms with Gasteiger partial charge in [0.2, 0.25) is 0 Å². The van der Waals surface area contributed by atoms with Crippen LogP contribution in [0.25, 0.3) is 0 Å². The van der Waals surface area contributed by atoms with Gasteiger partial charge in [0, 0.05) is 63.1 Å². The van der Waals surface area contributed by atoms with Crippen LogP contribution in [0.3, 0.4) is 0 Å². The smallest absolute Gasteiger partial charge is 0.185 e. The lowest BCUT2D eigenvalue weighted by atomic mass is 10.3. The average Bonchev–Trinajstić information content (AvgIpc) is 3.02. The standard InChI is InChI=1S/C12H17N5S/c1-15-9-11(8-14-15)10-16-3-5-17(6-4-16)12-13-2-7-18-12/h2,7-9H,3-6,10H2,1H3. The number of aromatic nitrogens is 3. The zero-order valence-corrected chi connectivity index (χ0v) is 11.3. The number of rotatable bonds is 3. The van der Waals surface area contributed by atoms with Gasteiger partial charge >= 0.3 is 0 Å². The van der Waals surface area contributed by atoms with Gasteiger partial charge in [-0.2, -0.15) is 5.10 Å². The number of aryl methyl sites for hydroxylation is 1. The molecular formula is C12H17N5S. The predicted molar refractivity (Wildman–Crippen MR) is 72.8 cm³/mol. The molecule has 0 bridgehead atoms. The van der Waals surface area contributed by atoms with Crippen molar-refractivity contribution in [3.63, 3.8) is 0 Å². The first kappa shape index (κ1) is 11.7. The molecule has 3 rings (SSSR count). The molecule has 0 N–H and O–H groups in total. The van der Waals surface area contributed by atoms with Gasteiger partial charge in [0.05, 0.1) is 6.20 Å². The maximum absolute atomic E-state index is 4.36. The van der Waals surface area contributed by atoms with E-state index in [9.17, 15) is 0 Å². The first-order chi connectivity index (χ1) is 8.81. The highest BCUT2D eigenvalue weighted by molar-refractivity contribution is 7.13. The Morgan fingerprint density at radius 3 is 2.72 bits per heavy atom. The second kappa shape index (κ2) is 5.07. The number of piperazine rings is 1. The van der Waals surface area contributed by atoms with Crippen LogP contribution in [-0.2, 0) is 13.6 Å². The minimum atomic E-state index is 1.000. The molecule has 1 aliphatic heterocycles. The number of anilines is 1. The van der Waals surface area contributed by atoms with Gasteiger partial charge < -0.3 is 4.90 Å². The van der Waals surface area contributed by atoms with Crippen molar-refractivity contribution < 1.29 is 0 Å². The molecule has 0 radical (unpaired) electrons. The van der Waals surface area contributed by atoms with E-state index in [0.717, 1.165) is 37.9 Å². The highest BCUT2D eigenvalue weighted by atomic mass is 32.1. The van der Waals surface area contributed by atoms with Crippen molar-refractivity contribution in [2.75, 3.05) is 31.1 Å². The first-order valence-corrected chi connectivity index (χ1v) is 7.03. The van der Waals surface area contributed by atoms with E-state index in [4.69, 9.17) is 0 Å². The summed E-state index contributed by atoms with van der Waals surface area (Å²) >= 11 is 1.72. The van der Waals surface area contributed by atoms with Crippen LogP contribution in [0.15, 0.2) is 24.0 Å². The number of nitrogens with zero attached hydrogens (tertiary/aromatic N) is 5. The molecule has 18 heavy (non-hydrogen) atoms. The topological polar surface area (TPSA) is 37.2 Å². The molecule has 2 aromatic rings. The molecule has 1 fully saturated rings. The molecule has 0 atom stereocenters. The van der Waals surface area contributed by atoms with Crippen LogP contribution in [0, 0.1) is 0 Å². The molecule has 0 saturated carbocycles. The number of thiazole rings is 1. The van der Waals surface area contributed by atoms with E-state index in [1.54, 1.807) is 11.3 Å². The molecule has 2 aromatic heterocycles. The minimum Gasteiger partial charge on any atom is -0.346 e. The normalized spacial score (nSPS) is 17.3. The van der Waals surface area contributed by atoms with Gasteiger partial charge in [0.1, 0.15) is 0 Å². The quantitative estimate of drug-likeness (QED) is 0.834.